The number of unbranched alkanes of at least 4 members (excludes halogenated alkanes) is 3. The normalized spacial score (nSPS) is 19.4. The van der Waals surface area contributed by atoms with Gasteiger partial charge in [0.2, 0.25) is 0 Å². The third kappa shape index (κ3) is 12.0. The summed E-state index contributed by atoms with van der Waals surface area (Å²) >= 11 is 6.15. The average Bonchev–Trinajstić information content (AvgIpc) is 3.41. The number of ether oxygens (including phenoxy) is 3. The molecule has 3 fully saturated rings. The van der Waals surface area contributed by atoms with E-state index in [0.29, 0.717) is 58.3 Å². The fourth-order valence-electron chi connectivity index (χ4n) is 8.72. The highest BCUT2D eigenvalue weighted by molar-refractivity contribution is 6.33. The first kappa shape index (κ1) is 45.3. The van der Waals surface area contributed by atoms with Crippen LogP contribution in [-0.2, 0) is 42.8 Å². The molecular formula is C43H58ClF3N6O7. The molecule has 0 aromatic heterocycles. The fourth-order valence-corrected chi connectivity index (χ4v) is 8.96. The standard InChI is InChI=1S/C43H58ClF3N6O7/c1-2-3-4-7-24-58-38(54)28-59-33-15-21-50(22-16-33)31-11-17-51(18-12-31)40(55)37(27-29-25-34(43(45,46)47)39(48)35(44)26-29)60-42(57)52-19-13-32(14-20-52)53-23-10-30-8-5-6-9-36(30)49-41(53)56/h5-6,8-9,25-26,31-33,37H,2-4,7,10-24,27-28,48H2,1H3,(H,49,56)/t37-/m1/s1. The summed E-state index contributed by atoms with van der Waals surface area (Å²) in [6.07, 6.45) is 1.31. The van der Waals surface area contributed by atoms with Crippen LogP contribution in [-0.4, -0.2) is 127 Å². The molecule has 13 nitrogen and oxygen atoms in total. The van der Waals surface area contributed by atoms with Gasteiger partial charge in [-0.1, -0.05) is 56.0 Å². The van der Waals surface area contributed by atoms with Crippen molar-refractivity contribution in [1.82, 2.24) is 19.6 Å². The number of nitrogens with one attached hydrogen (secondary N) is 1. The molecule has 2 aromatic rings. The maximum atomic E-state index is 14.2. The molecule has 1 atom stereocenters. The molecule has 4 aliphatic heterocycles. The number of piperidine rings is 3. The lowest BCUT2D eigenvalue weighted by molar-refractivity contribution is -0.152. The first-order valence-corrected chi connectivity index (χ1v) is 21.7. The number of likely N-dealkylation sites (tertiary alicyclic amines) is 3. The second-order valence-corrected chi connectivity index (χ2v) is 16.7. The van der Waals surface area contributed by atoms with Gasteiger partial charge >= 0.3 is 24.3 Å². The Hall–Kier alpha value is -4.28. The van der Waals surface area contributed by atoms with E-state index in [9.17, 15) is 32.3 Å². The molecule has 6 rings (SSSR count). The average molecular weight is 863 g/mol. The summed E-state index contributed by atoms with van der Waals surface area (Å²) < 4.78 is 58.8. The van der Waals surface area contributed by atoms with Gasteiger partial charge in [0.1, 0.15) is 6.61 Å². The number of hydrogen-bond donors (Lipinski definition) is 2. The van der Waals surface area contributed by atoms with Gasteiger partial charge in [-0.25, -0.2) is 14.4 Å². The zero-order valence-corrected chi connectivity index (χ0v) is 35.1. The van der Waals surface area contributed by atoms with Crippen LogP contribution in [0.3, 0.4) is 0 Å². The van der Waals surface area contributed by atoms with Crippen molar-refractivity contribution < 1.29 is 46.6 Å². The summed E-state index contributed by atoms with van der Waals surface area (Å²) in [5.74, 6) is -0.839. The number of fused-ring (bicyclic) bond motifs is 1. The largest absolute Gasteiger partial charge is 0.464 e. The molecule has 3 saturated heterocycles. The van der Waals surface area contributed by atoms with Crippen molar-refractivity contribution in [3.8, 4) is 0 Å². The highest BCUT2D eigenvalue weighted by atomic mass is 35.5. The number of amides is 4. The molecule has 4 aliphatic rings. The predicted octanol–water partition coefficient (Wildman–Crippen LogP) is 7.14. The number of nitrogens with zero attached hydrogens (tertiary/aromatic N) is 4. The van der Waals surface area contributed by atoms with Crippen LogP contribution in [0.2, 0.25) is 5.02 Å². The first-order chi connectivity index (χ1) is 28.8. The molecule has 0 aliphatic carbocycles. The Morgan fingerprint density at radius 2 is 1.58 bits per heavy atom. The van der Waals surface area contributed by atoms with E-state index in [-0.39, 0.29) is 66.9 Å². The summed E-state index contributed by atoms with van der Waals surface area (Å²) in [5, 5.41) is 2.68. The van der Waals surface area contributed by atoms with Crippen molar-refractivity contribution in [1.29, 1.82) is 0 Å². The summed E-state index contributed by atoms with van der Waals surface area (Å²) in [6, 6.07) is 9.68. The fraction of sp³-hybridized carbons (Fsp3) is 0.628. The molecule has 4 heterocycles. The van der Waals surface area contributed by atoms with E-state index < -0.39 is 35.5 Å². The van der Waals surface area contributed by atoms with Crippen LogP contribution in [0.15, 0.2) is 36.4 Å². The van der Waals surface area contributed by atoms with E-state index in [1.165, 1.54) is 11.0 Å². The predicted molar refractivity (Wildman–Crippen MR) is 221 cm³/mol. The van der Waals surface area contributed by atoms with Crippen molar-refractivity contribution in [3.05, 3.63) is 58.1 Å². The number of para-hydroxylation sites is 1. The van der Waals surface area contributed by atoms with Gasteiger partial charge in [-0.2, -0.15) is 13.2 Å². The number of hydrogen-bond acceptors (Lipinski definition) is 9. The maximum Gasteiger partial charge on any atom is 0.418 e. The quantitative estimate of drug-likeness (QED) is 0.115. The number of carbonyl (C=O) groups excluding carboxylic acids is 4. The van der Waals surface area contributed by atoms with Gasteiger partial charge in [0.05, 0.1) is 29.0 Å². The van der Waals surface area contributed by atoms with E-state index in [1.807, 2.05) is 24.3 Å². The molecule has 60 heavy (non-hydrogen) atoms. The van der Waals surface area contributed by atoms with Gasteiger partial charge in [-0.3, -0.25) is 4.79 Å². The smallest absolute Gasteiger partial charge is 0.418 e. The summed E-state index contributed by atoms with van der Waals surface area (Å²) in [5.41, 5.74) is 5.83. The summed E-state index contributed by atoms with van der Waals surface area (Å²) in [4.78, 5) is 60.4. The van der Waals surface area contributed by atoms with Gasteiger partial charge in [-0.15, -0.1) is 0 Å². The van der Waals surface area contributed by atoms with Gasteiger partial charge in [0.25, 0.3) is 5.91 Å². The zero-order valence-electron chi connectivity index (χ0n) is 34.4. The van der Waals surface area contributed by atoms with Crippen molar-refractivity contribution in [2.45, 2.75) is 114 Å². The molecule has 17 heteroatoms. The number of alkyl halides is 3. The van der Waals surface area contributed by atoms with Crippen LogP contribution >= 0.6 is 11.6 Å². The van der Waals surface area contributed by atoms with Crippen molar-refractivity contribution in [2.75, 3.05) is 70.1 Å². The second kappa shape index (κ2) is 21.0. The lowest BCUT2D eigenvalue weighted by Crippen LogP contribution is -2.53. The van der Waals surface area contributed by atoms with Crippen LogP contribution in [0, 0.1) is 0 Å². The number of benzene rings is 2. The third-order valence-corrected chi connectivity index (χ3v) is 12.5. The third-order valence-electron chi connectivity index (χ3n) is 12.2. The molecule has 0 spiro atoms. The number of halogens is 4. The van der Waals surface area contributed by atoms with Gasteiger partial charge < -0.3 is 44.9 Å². The van der Waals surface area contributed by atoms with Crippen LogP contribution in [0.25, 0.3) is 0 Å². The lowest BCUT2D eigenvalue weighted by atomic mass is 9.97. The topological polar surface area (TPSA) is 147 Å². The van der Waals surface area contributed by atoms with Crippen molar-refractivity contribution >= 4 is 47.0 Å². The van der Waals surface area contributed by atoms with Gasteiger partial charge in [0, 0.05) is 70.0 Å². The van der Waals surface area contributed by atoms with Crippen LogP contribution < -0.4 is 11.1 Å². The number of urea groups is 1. The monoisotopic (exact) mass is 862 g/mol. The highest BCUT2D eigenvalue weighted by Gasteiger charge is 2.39. The Balaban J connectivity index is 1.03. The molecule has 2 aromatic carbocycles. The van der Waals surface area contributed by atoms with Crippen LogP contribution in [0.4, 0.5) is 34.1 Å². The Labute approximate surface area is 354 Å². The molecule has 0 radical (unpaired) electrons. The molecular weight excluding hydrogens is 805 g/mol. The Morgan fingerprint density at radius 1 is 0.900 bits per heavy atom. The minimum Gasteiger partial charge on any atom is -0.464 e. The summed E-state index contributed by atoms with van der Waals surface area (Å²) in [6.45, 7) is 5.86. The van der Waals surface area contributed by atoms with E-state index >= 15 is 0 Å². The molecule has 3 N–H and O–H groups in total. The Morgan fingerprint density at radius 3 is 2.28 bits per heavy atom. The maximum absolute atomic E-state index is 14.2. The first-order valence-electron chi connectivity index (χ1n) is 21.4. The number of rotatable bonds is 14. The SMILES string of the molecule is CCCCCCOC(=O)COC1CCN(C2CCN(C(=O)[C@@H](Cc3cc(Cl)c(N)c(C(F)(F)F)c3)OC(=O)N3CCC(N4CCc5ccccc5NC4=O)CC3)CC2)CC1. The molecule has 4 amide bonds. The molecule has 0 unspecified atom stereocenters. The van der Waals surface area contributed by atoms with Crippen LogP contribution in [0.1, 0.15) is 87.8 Å². The molecule has 0 saturated carbocycles. The lowest BCUT2D eigenvalue weighted by Gasteiger charge is -2.42. The Bertz CT molecular complexity index is 1800. The van der Waals surface area contributed by atoms with Crippen molar-refractivity contribution in [3.63, 3.8) is 0 Å². The van der Waals surface area contributed by atoms with E-state index in [0.717, 1.165) is 68.9 Å². The minimum atomic E-state index is -4.79. The zero-order chi connectivity index (χ0) is 42.8. The second-order valence-electron chi connectivity index (χ2n) is 16.2. The Kier molecular flexibility index (Phi) is 15.8. The van der Waals surface area contributed by atoms with Gasteiger partial charge in [-0.05, 0) is 80.7 Å². The number of nitrogens with two attached hydrogens (primary N) is 1. The number of anilines is 2. The molecule has 0 bridgehead atoms. The number of carbonyl (C=O) groups is 4. The van der Waals surface area contributed by atoms with Crippen LogP contribution in [0.5, 0.6) is 0 Å². The number of esters is 1. The van der Waals surface area contributed by atoms with E-state index in [2.05, 4.69) is 17.1 Å². The van der Waals surface area contributed by atoms with E-state index in [4.69, 9.17) is 31.5 Å². The van der Waals surface area contributed by atoms with Gasteiger partial charge in [0.15, 0.2) is 6.10 Å². The van der Waals surface area contributed by atoms with Crippen molar-refractivity contribution in [2.24, 2.45) is 0 Å². The molecule has 330 valence electrons. The minimum absolute atomic E-state index is 0.0387. The number of nitrogen functional groups attached to an aromatic ring is 1. The van der Waals surface area contributed by atoms with E-state index in [1.54, 1.807) is 9.80 Å². The highest BCUT2D eigenvalue weighted by Crippen LogP contribution is 2.38. The summed E-state index contributed by atoms with van der Waals surface area (Å²) in [7, 11) is 0.